The van der Waals surface area contributed by atoms with E-state index in [0.717, 1.165) is 15.8 Å². The lowest BCUT2D eigenvalue weighted by Crippen LogP contribution is -2.25. The van der Waals surface area contributed by atoms with Crippen LogP contribution in [0.5, 0.6) is 0 Å². The van der Waals surface area contributed by atoms with Crippen molar-refractivity contribution < 1.29 is 13.6 Å². The molecule has 2 rings (SSSR count). The minimum absolute atomic E-state index is 0.255. The van der Waals surface area contributed by atoms with Gasteiger partial charge in [-0.3, -0.25) is 4.79 Å². The number of rotatable bonds is 4. The number of nitrogens with one attached hydrogen (secondary N) is 1. The maximum atomic E-state index is 13.6. The summed E-state index contributed by atoms with van der Waals surface area (Å²) in [5.74, 6) is -1.62. The largest absolute Gasteiger partial charge is 0.346 e. The van der Waals surface area contributed by atoms with E-state index in [4.69, 9.17) is 0 Å². The summed E-state index contributed by atoms with van der Waals surface area (Å²) in [4.78, 5) is 13.9. The van der Waals surface area contributed by atoms with E-state index in [-0.39, 0.29) is 11.5 Å². The fourth-order valence-corrected chi connectivity index (χ4v) is 2.67. The minimum Gasteiger partial charge on any atom is -0.346 e. The van der Waals surface area contributed by atoms with Crippen LogP contribution >= 0.6 is 11.3 Å². The SMILES string of the molecule is Cc1ccc(/C=C/C(=O)N[C@H](C)c2ccc(F)cc2F)s1. The maximum absolute atomic E-state index is 13.6. The summed E-state index contributed by atoms with van der Waals surface area (Å²) >= 11 is 1.58. The Labute approximate surface area is 126 Å². The second kappa shape index (κ2) is 6.63. The first-order chi connectivity index (χ1) is 9.95. The molecule has 5 heteroatoms. The van der Waals surface area contributed by atoms with E-state index in [9.17, 15) is 13.6 Å². The lowest BCUT2D eigenvalue weighted by molar-refractivity contribution is -0.117. The van der Waals surface area contributed by atoms with Gasteiger partial charge in [-0.1, -0.05) is 6.07 Å². The zero-order chi connectivity index (χ0) is 15.4. The summed E-state index contributed by atoms with van der Waals surface area (Å²) in [5, 5.41) is 2.65. The van der Waals surface area contributed by atoms with Crippen molar-refractivity contribution in [2.75, 3.05) is 0 Å². The van der Waals surface area contributed by atoms with E-state index in [2.05, 4.69) is 5.32 Å². The molecule has 1 N–H and O–H groups in total. The molecule has 21 heavy (non-hydrogen) atoms. The highest BCUT2D eigenvalue weighted by molar-refractivity contribution is 7.12. The minimum atomic E-state index is -0.666. The third-order valence-corrected chi connectivity index (χ3v) is 3.91. The van der Waals surface area contributed by atoms with Crippen molar-refractivity contribution in [2.24, 2.45) is 0 Å². The highest BCUT2D eigenvalue weighted by Gasteiger charge is 2.13. The molecule has 0 fully saturated rings. The number of benzene rings is 1. The number of hydrogen-bond donors (Lipinski definition) is 1. The normalized spacial score (nSPS) is 12.6. The molecule has 0 bridgehead atoms. The van der Waals surface area contributed by atoms with Gasteiger partial charge in [0, 0.05) is 27.5 Å². The van der Waals surface area contributed by atoms with E-state index in [1.165, 1.54) is 18.2 Å². The number of halogens is 2. The van der Waals surface area contributed by atoms with Gasteiger partial charge in [-0.2, -0.15) is 0 Å². The summed E-state index contributed by atoms with van der Waals surface area (Å²) in [7, 11) is 0. The van der Waals surface area contributed by atoms with Crippen LogP contribution in [0.15, 0.2) is 36.4 Å². The van der Waals surface area contributed by atoms with Gasteiger partial charge in [0.1, 0.15) is 11.6 Å². The van der Waals surface area contributed by atoms with Gasteiger partial charge in [0.2, 0.25) is 5.91 Å². The Morgan fingerprint density at radius 1 is 1.29 bits per heavy atom. The van der Waals surface area contributed by atoms with Crippen LogP contribution in [0.2, 0.25) is 0 Å². The van der Waals surface area contributed by atoms with Gasteiger partial charge in [0.15, 0.2) is 0 Å². The lowest BCUT2D eigenvalue weighted by Gasteiger charge is -2.13. The van der Waals surface area contributed by atoms with Gasteiger partial charge < -0.3 is 5.32 Å². The first kappa shape index (κ1) is 15.4. The first-order valence-corrected chi connectivity index (χ1v) is 7.27. The van der Waals surface area contributed by atoms with Crippen LogP contribution in [0, 0.1) is 18.6 Å². The van der Waals surface area contributed by atoms with Crippen molar-refractivity contribution in [1.82, 2.24) is 5.32 Å². The molecule has 0 spiro atoms. The Balaban J connectivity index is 2.00. The fourth-order valence-electron chi connectivity index (χ4n) is 1.89. The molecule has 0 saturated carbocycles. The molecule has 0 aliphatic heterocycles. The molecule has 2 nitrogen and oxygen atoms in total. The maximum Gasteiger partial charge on any atom is 0.244 e. The quantitative estimate of drug-likeness (QED) is 0.842. The molecular weight excluding hydrogens is 292 g/mol. The summed E-state index contributed by atoms with van der Waals surface area (Å²) in [5.41, 5.74) is 0.255. The van der Waals surface area contributed by atoms with Gasteiger partial charge >= 0.3 is 0 Å². The molecule has 0 saturated heterocycles. The van der Waals surface area contributed by atoms with E-state index in [1.54, 1.807) is 24.3 Å². The summed E-state index contributed by atoms with van der Waals surface area (Å²) in [6.07, 6.45) is 3.12. The molecular formula is C16H15F2NOS. The molecule has 110 valence electrons. The topological polar surface area (TPSA) is 29.1 Å². The van der Waals surface area contributed by atoms with Crippen LogP contribution in [0.1, 0.15) is 28.3 Å². The molecule has 1 aromatic heterocycles. The van der Waals surface area contributed by atoms with Gasteiger partial charge in [-0.25, -0.2) is 8.78 Å². The number of carbonyl (C=O) groups is 1. The van der Waals surface area contributed by atoms with E-state index in [1.807, 2.05) is 19.1 Å². The fraction of sp³-hybridized carbons (Fsp3) is 0.188. The zero-order valence-corrected chi connectivity index (χ0v) is 12.5. The van der Waals surface area contributed by atoms with Crippen LogP contribution in [0.25, 0.3) is 6.08 Å². The van der Waals surface area contributed by atoms with Crippen LogP contribution in [0.3, 0.4) is 0 Å². The highest BCUT2D eigenvalue weighted by atomic mass is 32.1. The van der Waals surface area contributed by atoms with E-state index < -0.39 is 17.7 Å². The van der Waals surface area contributed by atoms with E-state index in [0.29, 0.717) is 0 Å². The molecule has 1 aromatic carbocycles. The van der Waals surface area contributed by atoms with Crippen LogP contribution in [0.4, 0.5) is 8.78 Å². The van der Waals surface area contributed by atoms with Crippen LogP contribution < -0.4 is 5.32 Å². The molecule has 1 atom stereocenters. The van der Waals surface area contributed by atoms with Gasteiger partial charge in [0.05, 0.1) is 6.04 Å². The molecule has 0 aliphatic carbocycles. The summed E-state index contributed by atoms with van der Waals surface area (Å²) in [6, 6.07) is 6.68. The van der Waals surface area contributed by atoms with Gasteiger partial charge in [0.25, 0.3) is 0 Å². The highest BCUT2D eigenvalue weighted by Crippen LogP contribution is 2.18. The first-order valence-electron chi connectivity index (χ1n) is 6.45. The van der Waals surface area contributed by atoms with Crippen molar-refractivity contribution in [3.05, 3.63) is 63.4 Å². The second-order valence-corrected chi connectivity index (χ2v) is 6.00. The zero-order valence-electron chi connectivity index (χ0n) is 11.7. The number of thiophene rings is 1. The predicted octanol–water partition coefficient (Wildman–Crippen LogP) is 4.23. The van der Waals surface area contributed by atoms with Crippen molar-refractivity contribution >= 4 is 23.3 Å². The van der Waals surface area contributed by atoms with Crippen molar-refractivity contribution in [2.45, 2.75) is 19.9 Å². The van der Waals surface area contributed by atoms with Gasteiger partial charge in [-0.05, 0) is 38.1 Å². The Kier molecular flexibility index (Phi) is 4.85. The standard InChI is InChI=1S/C16H15F2NOS/c1-10-3-5-13(21-10)6-8-16(20)19-11(2)14-7-4-12(17)9-15(14)18/h3-9,11H,1-2H3,(H,19,20)/b8-6+/t11-/m1/s1. The number of aryl methyl sites for hydroxylation is 1. The Morgan fingerprint density at radius 2 is 2.05 bits per heavy atom. The van der Waals surface area contributed by atoms with Crippen LogP contribution in [-0.4, -0.2) is 5.91 Å². The molecule has 2 aromatic rings. The summed E-state index contributed by atoms with van der Waals surface area (Å²) < 4.78 is 26.4. The van der Waals surface area contributed by atoms with Crippen molar-refractivity contribution in [3.8, 4) is 0 Å². The molecule has 0 unspecified atom stereocenters. The van der Waals surface area contributed by atoms with Gasteiger partial charge in [-0.15, -0.1) is 11.3 Å². The van der Waals surface area contributed by atoms with Crippen molar-refractivity contribution in [1.29, 1.82) is 0 Å². The van der Waals surface area contributed by atoms with E-state index >= 15 is 0 Å². The number of carbonyl (C=O) groups excluding carboxylic acids is 1. The third-order valence-electron chi connectivity index (χ3n) is 2.95. The predicted molar refractivity (Wildman–Crippen MR) is 81.0 cm³/mol. The Bertz CT molecular complexity index is 679. The average Bonchev–Trinajstić information content (AvgIpc) is 2.82. The molecule has 1 heterocycles. The van der Waals surface area contributed by atoms with Crippen molar-refractivity contribution in [3.63, 3.8) is 0 Å². The molecule has 0 aliphatic rings. The summed E-state index contributed by atoms with van der Waals surface area (Å²) in [6.45, 7) is 3.64. The molecule has 1 amide bonds. The third kappa shape index (κ3) is 4.23. The number of hydrogen-bond acceptors (Lipinski definition) is 2. The number of amides is 1. The lowest BCUT2D eigenvalue weighted by atomic mass is 10.1. The molecule has 0 radical (unpaired) electrons. The smallest absolute Gasteiger partial charge is 0.244 e. The monoisotopic (exact) mass is 307 g/mol. The second-order valence-electron chi connectivity index (χ2n) is 4.68. The van der Waals surface area contributed by atoms with Crippen LogP contribution in [-0.2, 0) is 4.79 Å². The Morgan fingerprint density at radius 3 is 2.67 bits per heavy atom. The average molecular weight is 307 g/mol. The Hall–Kier alpha value is -2.01.